The Kier molecular flexibility index (Phi) is 7.41. The summed E-state index contributed by atoms with van der Waals surface area (Å²) in [6, 6.07) is 7.61. The van der Waals surface area contributed by atoms with Gasteiger partial charge < -0.3 is 19.9 Å². The Morgan fingerprint density at radius 2 is 1.70 bits per heavy atom. The van der Waals surface area contributed by atoms with Gasteiger partial charge in [-0.1, -0.05) is 6.92 Å². The van der Waals surface area contributed by atoms with Crippen molar-refractivity contribution in [3.05, 3.63) is 24.3 Å². The minimum absolute atomic E-state index is 0.111. The molecule has 0 saturated carbocycles. The fraction of sp³-hybridized carbons (Fsp3) is 0.625. The highest BCUT2D eigenvalue weighted by Gasteiger charge is 2.21. The minimum Gasteiger partial charge on any atom is -0.494 e. The summed E-state index contributed by atoms with van der Waals surface area (Å²) in [6.45, 7) is 8.34. The van der Waals surface area contributed by atoms with Crippen molar-refractivity contribution in [1.29, 1.82) is 0 Å². The van der Waals surface area contributed by atoms with Gasteiger partial charge in [0.25, 0.3) is 0 Å². The largest absolute Gasteiger partial charge is 0.494 e. The first kappa shape index (κ1) is 16.8. The number of hydrogen-bond donors (Lipinski definition) is 2. The second-order valence-corrected chi connectivity index (χ2v) is 5.15. The van der Waals surface area contributed by atoms with E-state index in [1.165, 1.54) is 0 Å². The predicted molar refractivity (Wildman–Crippen MR) is 81.5 cm³/mol. The van der Waals surface area contributed by atoms with Crippen molar-refractivity contribution >= 4 is 0 Å². The lowest BCUT2D eigenvalue weighted by Crippen LogP contribution is -2.47. The van der Waals surface area contributed by atoms with E-state index in [4.69, 9.17) is 9.47 Å². The first-order chi connectivity index (χ1) is 9.63. The normalized spacial score (nSPS) is 13.8. The van der Waals surface area contributed by atoms with Gasteiger partial charge in [-0.15, -0.1) is 0 Å². The zero-order valence-corrected chi connectivity index (χ0v) is 12.8. The van der Waals surface area contributed by atoms with E-state index in [0.29, 0.717) is 13.2 Å². The summed E-state index contributed by atoms with van der Waals surface area (Å²) in [4.78, 5) is 0. The molecule has 2 N–H and O–H groups in total. The molecule has 0 saturated heterocycles. The van der Waals surface area contributed by atoms with Crippen LogP contribution in [0, 0.1) is 0 Å². The number of rotatable bonds is 10. The summed E-state index contributed by atoms with van der Waals surface area (Å²) in [5.41, 5.74) is -0.277. The highest BCUT2D eigenvalue weighted by Crippen LogP contribution is 2.18. The van der Waals surface area contributed by atoms with Gasteiger partial charge in [0, 0.05) is 12.0 Å². The van der Waals surface area contributed by atoms with Gasteiger partial charge in [-0.25, -0.2) is 0 Å². The Morgan fingerprint density at radius 3 is 2.20 bits per heavy atom. The van der Waals surface area contributed by atoms with Crippen LogP contribution in [0.25, 0.3) is 0 Å². The third kappa shape index (κ3) is 5.80. The Hall–Kier alpha value is -1.26. The summed E-state index contributed by atoms with van der Waals surface area (Å²) in [7, 11) is 0. The van der Waals surface area contributed by atoms with Crippen LogP contribution >= 0.6 is 0 Å². The first-order valence-electron chi connectivity index (χ1n) is 7.35. The lowest BCUT2D eigenvalue weighted by Gasteiger charge is -2.28. The van der Waals surface area contributed by atoms with Gasteiger partial charge in [-0.05, 0) is 51.1 Å². The van der Waals surface area contributed by atoms with E-state index in [1.54, 1.807) is 0 Å². The lowest BCUT2D eigenvalue weighted by molar-refractivity contribution is 0.144. The van der Waals surface area contributed by atoms with Crippen LogP contribution in [0.4, 0.5) is 0 Å². The van der Waals surface area contributed by atoms with Crippen molar-refractivity contribution in [2.75, 3.05) is 26.4 Å². The molecule has 0 aliphatic heterocycles. The molecule has 114 valence electrons. The number of nitrogens with one attached hydrogen (secondary N) is 1. The molecular weight excluding hydrogens is 254 g/mol. The molecular formula is C16H27NO3. The molecule has 0 aliphatic rings. The first-order valence-corrected chi connectivity index (χ1v) is 7.35. The summed E-state index contributed by atoms with van der Waals surface area (Å²) in [6.07, 6.45) is 1.81. The van der Waals surface area contributed by atoms with Crippen molar-refractivity contribution in [2.45, 2.75) is 39.2 Å². The van der Waals surface area contributed by atoms with Gasteiger partial charge in [-0.3, -0.25) is 0 Å². The number of ether oxygens (including phenoxy) is 2. The Morgan fingerprint density at radius 1 is 1.10 bits per heavy atom. The third-order valence-electron chi connectivity index (χ3n) is 3.21. The van der Waals surface area contributed by atoms with E-state index < -0.39 is 0 Å². The molecule has 1 aromatic carbocycles. The molecule has 0 spiro atoms. The summed E-state index contributed by atoms with van der Waals surface area (Å²) in [5.74, 6) is 1.67. The Balaban J connectivity index is 2.38. The average Bonchev–Trinajstić information content (AvgIpc) is 2.47. The maximum Gasteiger partial charge on any atom is 0.119 e. The molecule has 1 unspecified atom stereocenters. The SMILES string of the molecule is CCCNC(C)(CO)CCOc1ccc(OCC)cc1. The summed E-state index contributed by atoms with van der Waals surface area (Å²) in [5, 5.41) is 12.8. The van der Waals surface area contributed by atoms with Crippen LogP contribution < -0.4 is 14.8 Å². The topological polar surface area (TPSA) is 50.7 Å². The number of hydrogen-bond acceptors (Lipinski definition) is 4. The highest BCUT2D eigenvalue weighted by atomic mass is 16.5. The molecule has 1 atom stereocenters. The summed E-state index contributed by atoms with van der Waals surface area (Å²) >= 11 is 0. The minimum atomic E-state index is -0.277. The van der Waals surface area contributed by atoms with Gasteiger partial charge in [-0.2, -0.15) is 0 Å². The molecule has 0 fully saturated rings. The number of aliphatic hydroxyl groups is 1. The van der Waals surface area contributed by atoms with E-state index >= 15 is 0 Å². The average molecular weight is 281 g/mol. The van der Waals surface area contributed by atoms with Crippen molar-refractivity contribution in [1.82, 2.24) is 5.32 Å². The van der Waals surface area contributed by atoms with Crippen molar-refractivity contribution in [3.63, 3.8) is 0 Å². The van der Waals surface area contributed by atoms with Gasteiger partial charge >= 0.3 is 0 Å². The van der Waals surface area contributed by atoms with Crippen molar-refractivity contribution < 1.29 is 14.6 Å². The Labute approximate surface area is 122 Å². The summed E-state index contributed by atoms with van der Waals surface area (Å²) < 4.78 is 11.1. The maximum atomic E-state index is 9.47. The van der Waals surface area contributed by atoms with E-state index in [1.807, 2.05) is 38.1 Å². The molecule has 1 aromatic rings. The molecule has 0 amide bonds. The molecule has 0 bridgehead atoms. The maximum absolute atomic E-state index is 9.47. The van der Waals surface area contributed by atoms with Crippen LogP contribution in [0.3, 0.4) is 0 Å². The van der Waals surface area contributed by atoms with E-state index in [0.717, 1.165) is 30.9 Å². The molecule has 1 rings (SSSR count). The molecule has 0 aromatic heterocycles. The van der Waals surface area contributed by atoms with Crippen LogP contribution in [0.2, 0.25) is 0 Å². The lowest BCUT2D eigenvalue weighted by atomic mass is 9.99. The fourth-order valence-corrected chi connectivity index (χ4v) is 1.84. The monoisotopic (exact) mass is 281 g/mol. The van der Waals surface area contributed by atoms with E-state index in [-0.39, 0.29) is 12.1 Å². The van der Waals surface area contributed by atoms with Crippen molar-refractivity contribution in [2.24, 2.45) is 0 Å². The van der Waals surface area contributed by atoms with E-state index in [2.05, 4.69) is 12.2 Å². The third-order valence-corrected chi connectivity index (χ3v) is 3.21. The van der Waals surface area contributed by atoms with Crippen LogP contribution in [0.15, 0.2) is 24.3 Å². The fourth-order valence-electron chi connectivity index (χ4n) is 1.84. The molecule has 20 heavy (non-hydrogen) atoms. The number of aliphatic hydroxyl groups excluding tert-OH is 1. The van der Waals surface area contributed by atoms with E-state index in [9.17, 15) is 5.11 Å². The van der Waals surface area contributed by atoms with Crippen LogP contribution in [-0.4, -0.2) is 37.0 Å². The standard InChI is InChI=1S/C16H27NO3/c1-4-11-17-16(3,13-18)10-12-20-15-8-6-14(7-9-15)19-5-2/h6-9,17-18H,4-5,10-13H2,1-3H3. The van der Waals surface area contributed by atoms with Crippen LogP contribution in [-0.2, 0) is 0 Å². The zero-order valence-electron chi connectivity index (χ0n) is 12.8. The molecule has 4 nitrogen and oxygen atoms in total. The zero-order chi connectivity index (χ0) is 14.8. The van der Waals surface area contributed by atoms with Gasteiger partial charge in [0.15, 0.2) is 0 Å². The molecule has 0 radical (unpaired) electrons. The van der Waals surface area contributed by atoms with Gasteiger partial charge in [0.2, 0.25) is 0 Å². The Bertz CT molecular complexity index is 366. The quantitative estimate of drug-likeness (QED) is 0.692. The molecule has 4 heteroatoms. The second kappa shape index (κ2) is 8.82. The number of benzene rings is 1. The molecule has 0 heterocycles. The molecule has 0 aliphatic carbocycles. The van der Waals surface area contributed by atoms with Crippen molar-refractivity contribution in [3.8, 4) is 11.5 Å². The highest BCUT2D eigenvalue weighted by molar-refractivity contribution is 5.31. The van der Waals surface area contributed by atoms with Gasteiger partial charge in [0.05, 0.1) is 19.8 Å². The predicted octanol–water partition coefficient (Wildman–Crippen LogP) is 2.60. The smallest absolute Gasteiger partial charge is 0.119 e. The van der Waals surface area contributed by atoms with Gasteiger partial charge in [0.1, 0.15) is 11.5 Å². The van der Waals surface area contributed by atoms with Crippen LogP contribution in [0.1, 0.15) is 33.6 Å². The van der Waals surface area contributed by atoms with Crippen LogP contribution in [0.5, 0.6) is 11.5 Å². The second-order valence-electron chi connectivity index (χ2n) is 5.15.